The van der Waals surface area contributed by atoms with Crippen LogP contribution in [0.4, 0.5) is 23.2 Å². The zero-order chi connectivity index (χ0) is 19.9. The molecule has 2 rings (SSSR count). The van der Waals surface area contributed by atoms with Crippen LogP contribution in [0.3, 0.4) is 0 Å². The average Bonchev–Trinajstić information content (AvgIpc) is 2.60. The maximum absolute atomic E-state index is 12.8. The molecule has 1 amide bonds. The van der Waals surface area contributed by atoms with E-state index < -0.39 is 17.2 Å². The third-order valence-electron chi connectivity index (χ3n) is 2.84. The molecule has 0 aliphatic rings. The molecule has 3 N–H and O–H groups in total. The van der Waals surface area contributed by atoms with Crippen LogP contribution in [0.1, 0.15) is 0 Å². The van der Waals surface area contributed by atoms with Gasteiger partial charge in [-0.2, -0.15) is 13.2 Å². The van der Waals surface area contributed by atoms with Gasteiger partial charge in [-0.15, -0.1) is 0 Å². The molecule has 27 heavy (non-hydrogen) atoms. The van der Waals surface area contributed by atoms with E-state index in [-0.39, 0.29) is 34.1 Å². The Balaban J connectivity index is 1.71. The maximum atomic E-state index is 12.8. The Morgan fingerprint density at radius 2 is 1.67 bits per heavy atom. The van der Waals surface area contributed by atoms with Crippen molar-refractivity contribution in [1.29, 1.82) is 0 Å². The van der Waals surface area contributed by atoms with Gasteiger partial charge in [-0.3, -0.25) is 15.6 Å². The summed E-state index contributed by atoms with van der Waals surface area (Å²) in [6.45, 7) is -0.377. The van der Waals surface area contributed by atoms with Crippen LogP contribution >= 0.6 is 24.0 Å². The van der Waals surface area contributed by atoms with Crippen LogP contribution in [0.5, 0.6) is 5.75 Å². The molecule has 0 saturated heterocycles. The van der Waals surface area contributed by atoms with Crippen molar-refractivity contribution in [2.24, 2.45) is 0 Å². The van der Waals surface area contributed by atoms with Crippen molar-refractivity contribution < 1.29 is 27.1 Å². The minimum atomic E-state index is -4.37. The van der Waals surface area contributed by atoms with Gasteiger partial charge in [0.15, 0.2) is 11.7 Å². The molecule has 0 bridgehead atoms. The second kappa shape index (κ2) is 9.42. The fourth-order valence-electron chi connectivity index (χ4n) is 1.74. The summed E-state index contributed by atoms with van der Waals surface area (Å²) in [6.07, 6.45) is 0. The van der Waals surface area contributed by atoms with Crippen molar-refractivity contribution >= 4 is 40.7 Å². The Bertz CT molecular complexity index is 784. The fourth-order valence-corrected chi connectivity index (χ4v) is 2.45. The molecule has 0 saturated carbocycles. The Kier molecular flexibility index (Phi) is 7.25. The summed E-state index contributed by atoms with van der Waals surface area (Å²) < 4.78 is 54.7. The number of hydrogen-bond donors (Lipinski definition) is 3. The third-order valence-corrected chi connectivity index (χ3v) is 3.79. The molecule has 0 unspecified atom stereocenters. The molecule has 0 aliphatic carbocycles. The number of thioether (sulfide) groups is 1. The number of rotatable bonds is 5. The second-order valence-electron chi connectivity index (χ2n) is 4.94. The first-order valence-corrected chi connectivity index (χ1v) is 8.54. The highest BCUT2D eigenvalue weighted by atomic mass is 32.2. The monoisotopic (exact) mass is 419 g/mol. The number of hydrogen-bond acceptors (Lipinski definition) is 4. The summed E-state index contributed by atoms with van der Waals surface area (Å²) in [5.41, 5.74) is 0.875. The molecule has 0 spiro atoms. The molecule has 0 fully saturated rings. The average molecular weight is 419 g/mol. The van der Waals surface area contributed by atoms with Crippen LogP contribution in [-0.2, 0) is 4.79 Å². The molecule has 144 valence electrons. The highest BCUT2D eigenvalue weighted by Gasteiger charge is 2.29. The van der Waals surface area contributed by atoms with Gasteiger partial charge in [-0.25, -0.2) is 4.39 Å². The van der Waals surface area contributed by atoms with Crippen LogP contribution in [0.25, 0.3) is 0 Å². The Morgan fingerprint density at radius 1 is 1.04 bits per heavy atom. The zero-order valence-corrected chi connectivity index (χ0v) is 15.1. The van der Waals surface area contributed by atoms with E-state index in [0.717, 1.165) is 0 Å². The Hall–Kier alpha value is -2.53. The number of carbonyl (C=O) groups excluding carboxylic acids is 1. The topological polar surface area (TPSA) is 62.4 Å². The molecule has 0 atom stereocenters. The molecule has 2 aromatic rings. The van der Waals surface area contributed by atoms with Crippen molar-refractivity contribution in [1.82, 2.24) is 10.9 Å². The van der Waals surface area contributed by atoms with Crippen LogP contribution in [0, 0.1) is 5.82 Å². The van der Waals surface area contributed by atoms with Gasteiger partial charge in [-0.05, 0) is 72.5 Å². The van der Waals surface area contributed by atoms with E-state index in [0.29, 0.717) is 5.69 Å². The van der Waals surface area contributed by atoms with E-state index in [4.69, 9.17) is 17.0 Å². The minimum Gasteiger partial charge on any atom is -0.484 e. The molecule has 0 aromatic heterocycles. The number of nitrogens with one attached hydrogen (secondary N) is 3. The number of carbonyl (C=O) groups is 1. The first-order valence-electron chi connectivity index (χ1n) is 7.31. The van der Waals surface area contributed by atoms with E-state index in [1.54, 1.807) is 0 Å². The van der Waals surface area contributed by atoms with E-state index in [1.165, 1.54) is 48.5 Å². The molecule has 0 radical (unpaired) electrons. The number of hydrazine groups is 1. The lowest BCUT2D eigenvalue weighted by Gasteiger charge is -2.12. The van der Waals surface area contributed by atoms with Crippen molar-refractivity contribution in [3.8, 4) is 5.75 Å². The summed E-state index contributed by atoms with van der Waals surface area (Å²) in [6, 6.07) is 10.6. The van der Waals surface area contributed by atoms with Crippen molar-refractivity contribution in [3.05, 3.63) is 54.3 Å². The quantitative estimate of drug-likeness (QED) is 0.296. The number of ether oxygens (including phenoxy) is 1. The SMILES string of the molecule is O=C(COc1ccc(SC(F)(F)F)cc1)NNC(=S)Nc1ccc(F)cc1. The summed E-state index contributed by atoms with van der Waals surface area (Å²) in [5.74, 6) is -0.717. The fraction of sp³-hybridized carbons (Fsp3) is 0.125. The summed E-state index contributed by atoms with van der Waals surface area (Å²) >= 11 is 4.72. The normalized spacial score (nSPS) is 10.8. The summed E-state index contributed by atoms with van der Waals surface area (Å²) in [4.78, 5) is 11.7. The molecule has 0 heterocycles. The van der Waals surface area contributed by atoms with Gasteiger partial charge in [0.25, 0.3) is 5.91 Å². The molecular formula is C16H13F4N3O2S2. The molecule has 2 aromatic carbocycles. The lowest BCUT2D eigenvalue weighted by molar-refractivity contribution is -0.123. The van der Waals surface area contributed by atoms with Gasteiger partial charge in [0, 0.05) is 10.6 Å². The highest BCUT2D eigenvalue weighted by Crippen LogP contribution is 2.37. The largest absolute Gasteiger partial charge is 0.484 e. The highest BCUT2D eigenvalue weighted by molar-refractivity contribution is 8.00. The number of anilines is 1. The van der Waals surface area contributed by atoms with E-state index >= 15 is 0 Å². The van der Waals surface area contributed by atoms with Crippen LogP contribution < -0.4 is 20.9 Å². The number of thiocarbonyl (C=S) groups is 1. The lowest BCUT2D eigenvalue weighted by Crippen LogP contribution is -2.45. The van der Waals surface area contributed by atoms with Crippen LogP contribution in [0.15, 0.2) is 53.4 Å². The smallest absolute Gasteiger partial charge is 0.446 e. The second-order valence-corrected chi connectivity index (χ2v) is 6.49. The molecule has 11 heteroatoms. The van der Waals surface area contributed by atoms with Gasteiger partial charge in [0.1, 0.15) is 11.6 Å². The summed E-state index contributed by atoms with van der Waals surface area (Å²) in [7, 11) is 0. The number of alkyl halides is 3. The molecule has 0 aliphatic heterocycles. The third kappa shape index (κ3) is 8.13. The van der Waals surface area contributed by atoms with Crippen molar-refractivity contribution in [3.63, 3.8) is 0 Å². The minimum absolute atomic E-state index is 0.0122. The predicted octanol–water partition coefficient (Wildman–Crippen LogP) is 3.83. The zero-order valence-electron chi connectivity index (χ0n) is 13.5. The first kappa shape index (κ1) is 20.8. The van der Waals surface area contributed by atoms with Gasteiger partial charge >= 0.3 is 5.51 Å². The number of halogens is 4. The van der Waals surface area contributed by atoms with Crippen LogP contribution in [-0.4, -0.2) is 23.1 Å². The van der Waals surface area contributed by atoms with Crippen molar-refractivity contribution in [2.45, 2.75) is 10.4 Å². The van der Waals surface area contributed by atoms with Crippen LogP contribution in [0.2, 0.25) is 0 Å². The maximum Gasteiger partial charge on any atom is 0.446 e. The van der Waals surface area contributed by atoms with E-state index in [2.05, 4.69) is 16.2 Å². The van der Waals surface area contributed by atoms with E-state index in [9.17, 15) is 22.4 Å². The van der Waals surface area contributed by atoms with E-state index in [1.807, 2.05) is 0 Å². The lowest BCUT2D eigenvalue weighted by atomic mass is 10.3. The van der Waals surface area contributed by atoms with Gasteiger partial charge in [0.05, 0.1) is 0 Å². The Labute approximate surface area is 161 Å². The molecule has 5 nitrogen and oxygen atoms in total. The first-order chi connectivity index (χ1) is 12.7. The predicted molar refractivity (Wildman–Crippen MR) is 97.7 cm³/mol. The Morgan fingerprint density at radius 3 is 2.26 bits per heavy atom. The summed E-state index contributed by atoms with van der Waals surface area (Å²) in [5, 5.41) is 2.80. The van der Waals surface area contributed by atoms with Gasteiger partial charge in [-0.1, -0.05) is 0 Å². The van der Waals surface area contributed by atoms with Crippen molar-refractivity contribution in [2.75, 3.05) is 11.9 Å². The number of benzene rings is 2. The molecular weight excluding hydrogens is 406 g/mol. The van der Waals surface area contributed by atoms with Gasteiger partial charge < -0.3 is 10.1 Å². The standard InChI is InChI=1S/C16H13F4N3O2S2/c17-10-1-3-11(4-2-10)21-15(26)23-22-14(24)9-25-12-5-7-13(8-6-12)27-16(18,19)20/h1-8H,9H2,(H,22,24)(H2,21,23,26). The van der Waals surface area contributed by atoms with Gasteiger partial charge in [0.2, 0.25) is 0 Å². The number of amides is 1.